The fraction of sp³-hybridized carbons (Fsp3) is 0.417. The molecule has 190 valence electrons. The second kappa shape index (κ2) is 10.4. The maximum absolute atomic E-state index is 13.6. The molecule has 0 spiro atoms. The molecule has 0 saturated carbocycles. The van der Waals surface area contributed by atoms with Gasteiger partial charge in [-0.15, -0.1) is 0 Å². The van der Waals surface area contributed by atoms with Gasteiger partial charge in [0, 0.05) is 25.7 Å². The topological polar surface area (TPSA) is 139 Å². The predicted molar refractivity (Wildman–Crippen MR) is 128 cm³/mol. The van der Waals surface area contributed by atoms with E-state index in [0.717, 1.165) is 5.56 Å². The van der Waals surface area contributed by atoms with E-state index < -0.39 is 48.6 Å². The molecular formula is C24H29BN4O7. The Morgan fingerprint density at radius 2 is 1.89 bits per heavy atom. The number of hydrogen-bond acceptors (Lipinski definition) is 8. The highest BCUT2D eigenvalue weighted by Gasteiger charge is 2.70. The van der Waals surface area contributed by atoms with Crippen LogP contribution in [0.5, 0.6) is 0 Å². The van der Waals surface area contributed by atoms with Crippen molar-refractivity contribution >= 4 is 30.5 Å². The predicted octanol–water partition coefficient (Wildman–Crippen LogP) is 0.881. The number of fused-ring (bicyclic) bond motifs is 1. The fourth-order valence-corrected chi connectivity index (χ4v) is 4.61. The molecule has 1 aromatic carbocycles. The molecule has 3 heterocycles. The Balaban J connectivity index is 1.61. The lowest BCUT2D eigenvalue weighted by molar-refractivity contribution is -0.146. The van der Waals surface area contributed by atoms with Gasteiger partial charge in [-0.05, 0) is 17.9 Å². The molecule has 2 amide bonds. The first-order valence-corrected chi connectivity index (χ1v) is 11.9. The standard InChI is InChI=1S/C24H29BN4O7/c1-15(2)11-20(25-34-21(30)14-36(25)16(3)24(33)35-25)29-22(31)18(12-17-7-5-4-6-8-17)28-23(32)19-13-26-9-10-27-19/h4-10,13,15-16,18,20H,11-12,14H2,1-3H3,(H,28,32)(H,29,31)/t16-,18-,20-,25?/m0/s1. The SMILES string of the molecule is CC(C)C[C@H](NC(=O)[C@H](Cc1ccccc1)NC(=O)c1cnccn1)[B-]12OC(=O)C[O+]1[C@@H](C)C(=O)O2. The molecule has 2 aliphatic rings. The second-order valence-corrected chi connectivity index (χ2v) is 9.43. The number of rotatable bonds is 9. The summed E-state index contributed by atoms with van der Waals surface area (Å²) in [5.74, 6) is -2.96. The normalized spacial score (nSPS) is 22.9. The molecule has 2 saturated heterocycles. The summed E-state index contributed by atoms with van der Waals surface area (Å²) in [6.45, 7) is 2.63. The van der Waals surface area contributed by atoms with Crippen LogP contribution in [0.4, 0.5) is 0 Å². The summed E-state index contributed by atoms with van der Waals surface area (Å²) in [6, 6.07) is 8.23. The van der Waals surface area contributed by atoms with Crippen molar-refractivity contribution in [3.8, 4) is 0 Å². The first-order chi connectivity index (χ1) is 17.2. The van der Waals surface area contributed by atoms with Crippen molar-refractivity contribution in [2.24, 2.45) is 5.92 Å². The number of carbonyl (C=O) groups excluding carboxylic acids is 4. The lowest BCUT2D eigenvalue weighted by Crippen LogP contribution is -2.64. The van der Waals surface area contributed by atoms with E-state index in [1.54, 1.807) is 6.92 Å². The fourth-order valence-electron chi connectivity index (χ4n) is 4.61. The highest BCUT2D eigenvalue weighted by Crippen LogP contribution is 2.39. The molecule has 4 atom stereocenters. The zero-order chi connectivity index (χ0) is 25.9. The van der Waals surface area contributed by atoms with Crippen LogP contribution >= 0.6 is 0 Å². The average molecular weight is 496 g/mol. The maximum Gasteiger partial charge on any atom is 0.706 e. The first kappa shape index (κ1) is 25.3. The summed E-state index contributed by atoms with van der Waals surface area (Å²) < 4.78 is 13.8. The second-order valence-electron chi connectivity index (χ2n) is 9.43. The van der Waals surface area contributed by atoms with Crippen molar-refractivity contribution < 1.29 is 32.8 Å². The van der Waals surface area contributed by atoms with Crippen LogP contribution in [0.3, 0.4) is 0 Å². The van der Waals surface area contributed by atoms with Gasteiger partial charge >= 0.3 is 18.7 Å². The van der Waals surface area contributed by atoms with E-state index >= 15 is 0 Å². The molecule has 0 radical (unpaired) electrons. The van der Waals surface area contributed by atoms with E-state index in [2.05, 4.69) is 24.9 Å². The first-order valence-electron chi connectivity index (χ1n) is 11.9. The summed E-state index contributed by atoms with van der Waals surface area (Å²) in [4.78, 5) is 59.0. The van der Waals surface area contributed by atoms with Crippen LogP contribution in [0.15, 0.2) is 48.9 Å². The van der Waals surface area contributed by atoms with Crippen LogP contribution in [0.2, 0.25) is 0 Å². The molecule has 0 bridgehead atoms. The Morgan fingerprint density at radius 3 is 2.56 bits per heavy atom. The van der Waals surface area contributed by atoms with Crippen molar-refractivity contribution in [3.05, 3.63) is 60.2 Å². The Labute approximate surface area is 208 Å². The number of carbonyl (C=O) groups is 4. The summed E-state index contributed by atoms with van der Waals surface area (Å²) in [6.07, 6.45) is 3.93. The number of benzene rings is 1. The Kier molecular flexibility index (Phi) is 7.34. The molecule has 2 fully saturated rings. The molecule has 2 aromatic rings. The summed E-state index contributed by atoms with van der Waals surface area (Å²) in [5, 5.41) is 5.64. The zero-order valence-corrected chi connectivity index (χ0v) is 20.4. The summed E-state index contributed by atoms with van der Waals surface area (Å²) in [7, 11) is 0. The third kappa shape index (κ3) is 5.23. The third-order valence-electron chi connectivity index (χ3n) is 6.31. The molecule has 4 rings (SSSR count). The number of aromatic nitrogens is 2. The van der Waals surface area contributed by atoms with Crippen LogP contribution in [-0.2, 0) is 34.4 Å². The van der Waals surface area contributed by atoms with E-state index in [0.29, 0.717) is 6.42 Å². The minimum atomic E-state index is -2.67. The lowest BCUT2D eigenvalue weighted by Gasteiger charge is -2.37. The average Bonchev–Trinajstić information content (AvgIpc) is 3.30. The molecule has 11 nitrogen and oxygen atoms in total. The smallest absolute Gasteiger partial charge is 0.579 e. The van der Waals surface area contributed by atoms with Gasteiger partial charge in [0.1, 0.15) is 11.7 Å². The third-order valence-corrected chi connectivity index (χ3v) is 6.31. The lowest BCUT2D eigenvalue weighted by atomic mass is 9.65. The van der Waals surface area contributed by atoms with Crippen LogP contribution in [0, 0.1) is 5.92 Å². The van der Waals surface area contributed by atoms with Crippen molar-refractivity contribution in [1.29, 1.82) is 0 Å². The van der Waals surface area contributed by atoms with Gasteiger partial charge in [0.15, 0.2) is 6.61 Å². The molecule has 2 N–H and O–H groups in total. The Morgan fingerprint density at radius 1 is 1.14 bits per heavy atom. The van der Waals surface area contributed by atoms with Crippen molar-refractivity contribution in [3.63, 3.8) is 0 Å². The van der Waals surface area contributed by atoms with Gasteiger partial charge in [0.25, 0.3) is 5.91 Å². The van der Waals surface area contributed by atoms with E-state index in [-0.39, 0.29) is 24.6 Å². The quantitative estimate of drug-likeness (QED) is 0.385. The van der Waals surface area contributed by atoms with Crippen molar-refractivity contribution in [2.45, 2.75) is 51.7 Å². The van der Waals surface area contributed by atoms with Gasteiger partial charge in [0.05, 0.1) is 12.1 Å². The van der Waals surface area contributed by atoms with Crippen LogP contribution in [0.1, 0.15) is 43.2 Å². The minimum Gasteiger partial charge on any atom is -0.579 e. The molecule has 36 heavy (non-hydrogen) atoms. The zero-order valence-electron chi connectivity index (χ0n) is 20.4. The van der Waals surface area contributed by atoms with Gasteiger partial charge in [-0.1, -0.05) is 44.2 Å². The highest BCUT2D eigenvalue weighted by atomic mass is 16.9. The van der Waals surface area contributed by atoms with Gasteiger partial charge < -0.3 is 24.2 Å². The molecule has 1 aromatic heterocycles. The minimum absolute atomic E-state index is 0.0599. The molecular weight excluding hydrogens is 467 g/mol. The number of nitrogens with zero attached hydrogens (tertiary/aromatic N) is 2. The van der Waals surface area contributed by atoms with Crippen molar-refractivity contribution in [2.75, 3.05) is 6.61 Å². The highest BCUT2D eigenvalue weighted by molar-refractivity contribution is 6.69. The molecule has 0 aliphatic carbocycles. The van der Waals surface area contributed by atoms with Crippen LogP contribution < -0.4 is 10.6 Å². The number of amides is 2. The van der Waals surface area contributed by atoms with Gasteiger partial charge in [-0.25, -0.2) is 14.6 Å². The van der Waals surface area contributed by atoms with Crippen LogP contribution in [-0.4, -0.2) is 65.2 Å². The van der Waals surface area contributed by atoms with Crippen LogP contribution in [0.25, 0.3) is 0 Å². The molecule has 1 unspecified atom stereocenters. The molecule has 2 aliphatic heterocycles. The number of nitrogens with one attached hydrogen (secondary N) is 2. The monoisotopic (exact) mass is 496 g/mol. The van der Waals surface area contributed by atoms with Gasteiger partial charge in [-0.2, -0.15) is 0 Å². The largest absolute Gasteiger partial charge is 0.706 e. The summed E-state index contributed by atoms with van der Waals surface area (Å²) >= 11 is 0. The van der Waals surface area contributed by atoms with E-state index in [1.807, 2.05) is 44.2 Å². The molecule has 12 heteroatoms. The number of hydrogen-bond donors (Lipinski definition) is 2. The van der Waals surface area contributed by atoms with E-state index in [1.165, 1.54) is 18.6 Å². The summed E-state index contributed by atoms with van der Waals surface area (Å²) in [5.41, 5.74) is 0.889. The van der Waals surface area contributed by atoms with Gasteiger partial charge in [-0.3, -0.25) is 14.6 Å². The van der Waals surface area contributed by atoms with E-state index in [4.69, 9.17) is 9.31 Å². The van der Waals surface area contributed by atoms with E-state index in [9.17, 15) is 19.2 Å². The van der Waals surface area contributed by atoms with Gasteiger partial charge in [0.2, 0.25) is 12.0 Å². The Bertz CT molecular complexity index is 1130. The van der Waals surface area contributed by atoms with Crippen molar-refractivity contribution in [1.82, 2.24) is 20.6 Å². The maximum atomic E-state index is 13.6. The Hall–Kier alpha value is -3.80.